The molecule has 1 atom stereocenters. The van der Waals surface area contributed by atoms with Gasteiger partial charge in [0, 0.05) is 34.6 Å². The predicted molar refractivity (Wildman–Crippen MR) is 124 cm³/mol. The lowest BCUT2D eigenvalue weighted by Gasteiger charge is -2.20. The van der Waals surface area contributed by atoms with Gasteiger partial charge in [-0.3, -0.25) is 4.99 Å². The third-order valence-corrected chi connectivity index (χ3v) is 6.08. The number of fused-ring (bicyclic) bond motifs is 1. The van der Waals surface area contributed by atoms with E-state index in [0.717, 1.165) is 27.9 Å². The fraction of sp³-hybridized carbons (Fsp3) is 0.208. The van der Waals surface area contributed by atoms with Crippen LogP contribution < -0.4 is 10.1 Å². The molecule has 1 aromatic heterocycles. The number of hydrogen-bond donors (Lipinski definition) is 1. The molecular weight excluding hydrogens is 413 g/mol. The number of benzene rings is 2. The van der Waals surface area contributed by atoms with Gasteiger partial charge in [0.1, 0.15) is 40.6 Å². The number of carbonyl (C=O) groups is 1. The molecule has 7 heteroatoms. The van der Waals surface area contributed by atoms with Gasteiger partial charge < -0.3 is 14.8 Å². The molecule has 0 amide bonds. The van der Waals surface area contributed by atoms with Crippen molar-refractivity contribution in [1.82, 2.24) is 4.98 Å². The molecule has 0 aliphatic carbocycles. The van der Waals surface area contributed by atoms with Gasteiger partial charge in [-0.1, -0.05) is 30.8 Å². The van der Waals surface area contributed by atoms with E-state index in [1.54, 1.807) is 12.1 Å². The summed E-state index contributed by atoms with van der Waals surface area (Å²) in [6, 6.07) is 15.9. The maximum atomic E-state index is 13.4. The zero-order valence-electron chi connectivity index (χ0n) is 17.1. The second-order valence-corrected chi connectivity index (χ2v) is 8.55. The number of aldehydes is 1. The smallest absolute Gasteiger partial charge is 0.148 e. The molecule has 5 nitrogen and oxygen atoms in total. The van der Waals surface area contributed by atoms with Crippen molar-refractivity contribution < 1.29 is 13.9 Å². The Bertz CT molecular complexity index is 1180. The van der Waals surface area contributed by atoms with Crippen LogP contribution >= 0.6 is 11.8 Å². The molecule has 0 saturated heterocycles. The third-order valence-electron chi connectivity index (χ3n) is 4.89. The monoisotopic (exact) mass is 435 g/mol. The molecule has 1 aliphatic rings. The number of carbonyl (C=O) groups excluding carboxylic acids is 1. The van der Waals surface area contributed by atoms with E-state index in [4.69, 9.17) is 4.74 Å². The number of aliphatic imine (C=N–C) groups is 1. The quantitative estimate of drug-likeness (QED) is 0.495. The molecule has 31 heavy (non-hydrogen) atoms. The molecule has 1 aliphatic heterocycles. The van der Waals surface area contributed by atoms with Gasteiger partial charge in [0.2, 0.25) is 0 Å². The Balaban J connectivity index is 1.44. The number of aryl methyl sites for hydroxylation is 1. The minimum atomic E-state index is -0.908. The van der Waals surface area contributed by atoms with Crippen LogP contribution in [-0.4, -0.2) is 34.2 Å². The van der Waals surface area contributed by atoms with E-state index >= 15 is 0 Å². The van der Waals surface area contributed by atoms with Crippen molar-refractivity contribution in [3.8, 4) is 5.75 Å². The van der Waals surface area contributed by atoms with Gasteiger partial charge in [-0.25, -0.2) is 9.37 Å². The number of anilines is 1. The molecule has 2 aromatic carbocycles. The Morgan fingerprint density at radius 1 is 1.29 bits per heavy atom. The first-order valence-corrected chi connectivity index (χ1v) is 10.8. The molecule has 0 spiro atoms. The zero-order chi connectivity index (χ0) is 21.8. The van der Waals surface area contributed by atoms with Crippen LogP contribution in [-0.2, 0) is 4.79 Å². The number of nitrogens with zero attached hydrogens (tertiary/aromatic N) is 2. The fourth-order valence-corrected chi connectivity index (χ4v) is 4.49. The van der Waals surface area contributed by atoms with E-state index in [0.29, 0.717) is 29.3 Å². The summed E-state index contributed by atoms with van der Waals surface area (Å²) in [4.78, 5) is 21.1. The Morgan fingerprint density at radius 2 is 2.13 bits per heavy atom. The van der Waals surface area contributed by atoms with E-state index in [1.807, 2.05) is 37.3 Å². The van der Waals surface area contributed by atoms with Gasteiger partial charge in [0.05, 0.1) is 0 Å². The van der Waals surface area contributed by atoms with Gasteiger partial charge in [-0.2, -0.15) is 0 Å². The highest BCUT2D eigenvalue weighted by Crippen LogP contribution is 2.33. The third kappa shape index (κ3) is 4.94. The lowest BCUT2D eigenvalue weighted by Crippen LogP contribution is -2.30. The van der Waals surface area contributed by atoms with Crippen LogP contribution in [0.1, 0.15) is 12.1 Å². The van der Waals surface area contributed by atoms with Gasteiger partial charge in [-0.15, -0.1) is 11.8 Å². The number of nitrogens with one attached hydrogen (secondary N) is 1. The summed E-state index contributed by atoms with van der Waals surface area (Å²) in [6.45, 7) is 6.19. The van der Waals surface area contributed by atoms with Crippen LogP contribution in [0.25, 0.3) is 10.9 Å². The molecule has 0 radical (unpaired) electrons. The van der Waals surface area contributed by atoms with Crippen molar-refractivity contribution in [3.05, 3.63) is 78.4 Å². The Kier molecular flexibility index (Phi) is 6.04. The van der Waals surface area contributed by atoms with Gasteiger partial charge in [0.15, 0.2) is 0 Å². The fourth-order valence-electron chi connectivity index (χ4n) is 3.45. The van der Waals surface area contributed by atoms with Crippen molar-refractivity contribution in [2.24, 2.45) is 4.99 Å². The Morgan fingerprint density at radius 3 is 2.94 bits per heavy atom. The average molecular weight is 436 g/mol. The summed E-state index contributed by atoms with van der Waals surface area (Å²) in [5, 5.41) is 4.81. The first-order valence-electron chi connectivity index (χ1n) is 9.84. The highest BCUT2D eigenvalue weighted by Gasteiger charge is 2.36. The van der Waals surface area contributed by atoms with Crippen LogP contribution in [0.5, 0.6) is 5.75 Å². The number of rotatable bonds is 8. The normalized spacial score (nSPS) is 17.9. The minimum Gasteiger partial charge on any atom is -0.484 e. The number of para-hydroxylation sites is 1. The molecule has 0 saturated carbocycles. The SMILES string of the molecule is C=C(CC1(C=O)CSC(COc2cccc3ccc(C)nc23)=N1)Nc1cccc(F)c1. The summed E-state index contributed by atoms with van der Waals surface area (Å²) in [7, 11) is 0. The highest BCUT2D eigenvalue weighted by atomic mass is 32.2. The number of hydrogen-bond acceptors (Lipinski definition) is 6. The van der Waals surface area contributed by atoms with Crippen molar-refractivity contribution >= 4 is 39.7 Å². The number of aromatic nitrogens is 1. The second kappa shape index (κ2) is 8.89. The van der Waals surface area contributed by atoms with Crippen LogP contribution in [0.4, 0.5) is 10.1 Å². The second-order valence-electron chi connectivity index (χ2n) is 7.50. The molecular formula is C24H22FN3O2S. The molecule has 3 aromatic rings. The summed E-state index contributed by atoms with van der Waals surface area (Å²) in [5.74, 6) is 0.853. The molecule has 158 valence electrons. The number of pyridine rings is 1. The van der Waals surface area contributed by atoms with Crippen LogP contribution in [0.3, 0.4) is 0 Å². The summed E-state index contributed by atoms with van der Waals surface area (Å²) in [6.07, 6.45) is 1.17. The Hall–Kier alpha value is -3.19. The lowest BCUT2D eigenvalue weighted by atomic mass is 9.98. The predicted octanol–water partition coefficient (Wildman–Crippen LogP) is 5.16. The first kappa shape index (κ1) is 21.1. The molecule has 1 unspecified atom stereocenters. The molecule has 0 bridgehead atoms. The minimum absolute atomic E-state index is 0.263. The maximum absolute atomic E-state index is 13.4. The van der Waals surface area contributed by atoms with E-state index in [1.165, 1.54) is 23.9 Å². The van der Waals surface area contributed by atoms with E-state index in [9.17, 15) is 9.18 Å². The summed E-state index contributed by atoms with van der Waals surface area (Å²) < 4.78 is 19.4. The lowest BCUT2D eigenvalue weighted by molar-refractivity contribution is -0.111. The van der Waals surface area contributed by atoms with E-state index < -0.39 is 5.54 Å². The van der Waals surface area contributed by atoms with Gasteiger partial charge in [-0.05, 0) is 37.3 Å². The van der Waals surface area contributed by atoms with Gasteiger partial charge >= 0.3 is 0 Å². The van der Waals surface area contributed by atoms with Crippen molar-refractivity contribution in [1.29, 1.82) is 0 Å². The maximum Gasteiger partial charge on any atom is 0.148 e. The highest BCUT2D eigenvalue weighted by molar-refractivity contribution is 8.14. The molecule has 4 rings (SSSR count). The average Bonchev–Trinajstić information content (AvgIpc) is 3.15. The summed E-state index contributed by atoms with van der Waals surface area (Å²) in [5.41, 5.74) is 2.00. The standard InChI is InChI=1S/C24H22FN3O2S/c1-16-9-10-18-5-3-8-21(23(18)27-16)30-13-22-28-24(14-29,15-31-22)12-17(2)26-20-7-4-6-19(25)11-20/h3-11,14,26H,2,12-13,15H2,1H3. The van der Waals surface area contributed by atoms with Crippen LogP contribution in [0.2, 0.25) is 0 Å². The van der Waals surface area contributed by atoms with E-state index in [-0.39, 0.29) is 12.4 Å². The topological polar surface area (TPSA) is 63.6 Å². The van der Waals surface area contributed by atoms with Gasteiger partial charge in [0.25, 0.3) is 0 Å². The Labute approximate surface area is 184 Å². The largest absolute Gasteiger partial charge is 0.484 e. The van der Waals surface area contributed by atoms with Crippen molar-refractivity contribution in [2.45, 2.75) is 18.9 Å². The van der Waals surface area contributed by atoms with Crippen molar-refractivity contribution in [3.63, 3.8) is 0 Å². The van der Waals surface area contributed by atoms with Crippen LogP contribution in [0.15, 0.2) is 71.9 Å². The van der Waals surface area contributed by atoms with Crippen molar-refractivity contribution in [2.75, 3.05) is 17.7 Å². The van der Waals surface area contributed by atoms with Crippen LogP contribution in [0, 0.1) is 12.7 Å². The zero-order valence-corrected chi connectivity index (χ0v) is 17.9. The summed E-state index contributed by atoms with van der Waals surface area (Å²) >= 11 is 1.50. The molecule has 0 fully saturated rings. The number of ether oxygens (including phenoxy) is 1. The molecule has 1 N–H and O–H groups in total. The number of halogens is 1. The number of thioether (sulfide) groups is 1. The molecule has 2 heterocycles. The first-order chi connectivity index (χ1) is 15.0. The van der Waals surface area contributed by atoms with E-state index in [2.05, 4.69) is 21.9 Å².